The van der Waals surface area contributed by atoms with Crippen molar-refractivity contribution in [1.82, 2.24) is 0 Å². The van der Waals surface area contributed by atoms with Crippen molar-refractivity contribution in [2.75, 3.05) is 4.90 Å². The molecule has 3 aliphatic carbocycles. The molecule has 0 unspecified atom stereocenters. The standard InChI is InChI=1S/C54H49N/c1-53(2)48-23-12-11-19-47(48)51-44(20-14-24-49(51)53)46-22-13-21-45-43-34-33-42(35-50(43)54(3,4)52(45)46)55(40-29-25-38(26-30-40)36-15-7-5-8-16-36)41-31-27-39(28-32-41)37-17-9-6-10-18-37/h5,7-8,11-16,19-35,37H,6,9-10,17-18H2,1-4H3. The van der Waals surface area contributed by atoms with E-state index in [1.807, 2.05) is 0 Å². The molecule has 0 aliphatic heterocycles. The molecule has 0 amide bonds. The minimum absolute atomic E-state index is 0.0371. The quantitative estimate of drug-likeness (QED) is 0.166. The van der Waals surface area contributed by atoms with Crippen molar-refractivity contribution in [2.24, 2.45) is 0 Å². The molecule has 270 valence electrons. The van der Waals surface area contributed by atoms with Crippen LogP contribution in [0.3, 0.4) is 0 Å². The van der Waals surface area contributed by atoms with Crippen LogP contribution in [-0.2, 0) is 10.8 Å². The van der Waals surface area contributed by atoms with Crippen LogP contribution >= 0.6 is 0 Å². The molecule has 55 heavy (non-hydrogen) atoms. The van der Waals surface area contributed by atoms with E-state index in [1.165, 1.54) is 121 Å². The third kappa shape index (κ3) is 5.42. The average Bonchev–Trinajstić information content (AvgIpc) is 3.61. The largest absolute Gasteiger partial charge is 0.310 e. The van der Waals surface area contributed by atoms with Gasteiger partial charge >= 0.3 is 0 Å². The molecule has 7 aromatic carbocycles. The molecule has 0 bridgehead atoms. The van der Waals surface area contributed by atoms with Crippen LogP contribution in [0.1, 0.15) is 93.5 Å². The molecule has 0 radical (unpaired) electrons. The molecule has 0 aromatic heterocycles. The van der Waals surface area contributed by atoms with Gasteiger partial charge in [0.1, 0.15) is 0 Å². The van der Waals surface area contributed by atoms with E-state index in [9.17, 15) is 0 Å². The maximum atomic E-state index is 2.48. The summed E-state index contributed by atoms with van der Waals surface area (Å²) in [5.41, 5.74) is 21.0. The van der Waals surface area contributed by atoms with Gasteiger partial charge in [-0.3, -0.25) is 0 Å². The molecule has 0 N–H and O–H groups in total. The van der Waals surface area contributed by atoms with Crippen molar-refractivity contribution in [3.8, 4) is 44.5 Å². The molecule has 7 aromatic rings. The Morgan fingerprint density at radius 1 is 0.418 bits per heavy atom. The van der Waals surface area contributed by atoms with Crippen molar-refractivity contribution in [3.63, 3.8) is 0 Å². The lowest BCUT2D eigenvalue weighted by molar-refractivity contribution is 0.443. The molecule has 10 rings (SSSR count). The molecule has 1 nitrogen and oxygen atoms in total. The van der Waals surface area contributed by atoms with Crippen LogP contribution in [0.25, 0.3) is 44.5 Å². The van der Waals surface area contributed by atoms with Crippen molar-refractivity contribution in [1.29, 1.82) is 0 Å². The Morgan fingerprint density at radius 2 is 0.982 bits per heavy atom. The van der Waals surface area contributed by atoms with Crippen molar-refractivity contribution in [2.45, 2.75) is 76.5 Å². The topological polar surface area (TPSA) is 3.24 Å². The molecule has 1 fully saturated rings. The fraction of sp³-hybridized carbons (Fsp3) is 0.222. The summed E-state index contributed by atoms with van der Waals surface area (Å²) in [6, 6.07) is 59.5. The molecular weight excluding hydrogens is 663 g/mol. The van der Waals surface area contributed by atoms with E-state index in [0.717, 1.165) is 0 Å². The molecule has 1 heteroatoms. The molecule has 0 atom stereocenters. The van der Waals surface area contributed by atoms with Crippen LogP contribution in [0.15, 0.2) is 158 Å². The molecular formula is C54H49N. The number of fused-ring (bicyclic) bond motifs is 6. The fourth-order valence-electron chi connectivity index (χ4n) is 10.4. The highest BCUT2D eigenvalue weighted by Crippen LogP contribution is 2.57. The van der Waals surface area contributed by atoms with Crippen LogP contribution in [0, 0.1) is 0 Å². The number of nitrogens with zero attached hydrogens (tertiary/aromatic N) is 1. The Kier molecular flexibility index (Phi) is 8.00. The van der Waals surface area contributed by atoms with Gasteiger partial charge in [-0.1, -0.05) is 168 Å². The summed E-state index contributed by atoms with van der Waals surface area (Å²) in [5.74, 6) is 0.681. The van der Waals surface area contributed by atoms with Gasteiger partial charge in [-0.05, 0) is 127 Å². The lowest BCUT2D eigenvalue weighted by Crippen LogP contribution is -2.18. The van der Waals surface area contributed by atoms with Gasteiger partial charge < -0.3 is 4.90 Å². The zero-order chi connectivity index (χ0) is 37.3. The summed E-state index contributed by atoms with van der Waals surface area (Å²) in [5, 5.41) is 0. The minimum Gasteiger partial charge on any atom is -0.310 e. The van der Waals surface area contributed by atoms with Gasteiger partial charge in [0.2, 0.25) is 0 Å². The van der Waals surface area contributed by atoms with Gasteiger partial charge in [-0.25, -0.2) is 0 Å². The lowest BCUT2D eigenvalue weighted by Gasteiger charge is -2.29. The van der Waals surface area contributed by atoms with Crippen LogP contribution in [-0.4, -0.2) is 0 Å². The highest BCUT2D eigenvalue weighted by Gasteiger charge is 2.41. The predicted octanol–water partition coefficient (Wildman–Crippen LogP) is 15.2. The number of hydrogen-bond donors (Lipinski definition) is 0. The Morgan fingerprint density at radius 3 is 1.73 bits per heavy atom. The predicted molar refractivity (Wildman–Crippen MR) is 233 cm³/mol. The second-order valence-corrected chi connectivity index (χ2v) is 17.2. The van der Waals surface area contributed by atoms with E-state index in [0.29, 0.717) is 5.92 Å². The SMILES string of the molecule is CC1(C)c2ccccc2-c2c(-c3cccc4c3C(C)(C)c3cc(N(c5ccc(-c6ccccc6)cc5)c5ccc(C6CCCCC6)cc5)ccc3-4)cccc21. The van der Waals surface area contributed by atoms with Gasteiger partial charge in [-0.15, -0.1) is 0 Å². The Hall–Kier alpha value is -5.66. The number of hydrogen-bond acceptors (Lipinski definition) is 1. The molecule has 0 saturated heterocycles. The maximum Gasteiger partial charge on any atom is 0.0465 e. The zero-order valence-corrected chi connectivity index (χ0v) is 32.6. The summed E-state index contributed by atoms with van der Waals surface area (Å²) in [7, 11) is 0. The smallest absolute Gasteiger partial charge is 0.0465 e. The summed E-state index contributed by atoms with van der Waals surface area (Å²) in [4.78, 5) is 2.46. The lowest BCUT2D eigenvalue weighted by atomic mass is 9.77. The number of benzene rings is 7. The second-order valence-electron chi connectivity index (χ2n) is 17.2. The number of anilines is 3. The molecule has 0 spiro atoms. The normalized spacial score (nSPS) is 16.2. The van der Waals surface area contributed by atoms with E-state index in [1.54, 1.807) is 0 Å². The van der Waals surface area contributed by atoms with Gasteiger partial charge in [0.15, 0.2) is 0 Å². The highest BCUT2D eigenvalue weighted by atomic mass is 15.1. The van der Waals surface area contributed by atoms with E-state index >= 15 is 0 Å². The highest BCUT2D eigenvalue weighted by molar-refractivity contribution is 5.97. The first-order valence-electron chi connectivity index (χ1n) is 20.4. The van der Waals surface area contributed by atoms with Crippen LogP contribution in [0.2, 0.25) is 0 Å². The number of rotatable bonds is 6. The van der Waals surface area contributed by atoms with E-state index in [2.05, 4.69) is 190 Å². The Bertz CT molecular complexity index is 2550. The minimum atomic E-state index is -0.207. The van der Waals surface area contributed by atoms with Crippen molar-refractivity contribution >= 4 is 17.1 Å². The van der Waals surface area contributed by atoms with Crippen LogP contribution < -0.4 is 4.90 Å². The van der Waals surface area contributed by atoms with E-state index in [4.69, 9.17) is 0 Å². The zero-order valence-electron chi connectivity index (χ0n) is 32.6. The summed E-state index contributed by atoms with van der Waals surface area (Å²) >= 11 is 0. The molecule has 0 heterocycles. The van der Waals surface area contributed by atoms with Gasteiger partial charge in [0.05, 0.1) is 0 Å². The third-order valence-electron chi connectivity index (χ3n) is 13.3. The van der Waals surface area contributed by atoms with Gasteiger partial charge in [0, 0.05) is 27.9 Å². The summed E-state index contributed by atoms with van der Waals surface area (Å²) in [6.45, 7) is 9.62. The average molecular weight is 712 g/mol. The summed E-state index contributed by atoms with van der Waals surface area (Å²) < 4.78 is 0. The van der Waals surface area contributed by atoms with E-state index in [-0.39, 0.29) is 10.8 Å². The van der Waals surface area contributed by atoms with Gasteiger partial charge in [0.25, 0.3) is 0 Å². The van der Waals surface area contributed by atoms with Crippen molar-refractivity contribution < 1.29 is 0 Å². The Labute approximate surface area is 327 Å². The molecule has 1 saturated carbocycles. The van der Waals surface area contributed by atoms with Gasteiger partial charge in [-0.2, -0.15) is 0 Å². The maximum absolute atomic E-state index is 2.48. The van der Waals surface area contributed by atoms with E-state index < -0.39 is 0 Å². The molecule has 3 aliphatic rings. The van der Waals surface area contributed by atoms with Crippen LogP contribution in [0.4, 0.5) is 17.1 Å². The first kappa shape index (κ1) is 33.9. The van der Waals surface area contributed by atoms with Crippen LogP contribution in [0.5, 0.6) is 0 Å². The van der Waals surface area contributed by atoms with Crippen molar-refractivity contribution in [3.05, 3.63) is 186 Å². The first-order chi connectivity index (χ1) is 26.8. The first-order valence-corrected chi connectivity index (χ1v) is 20.4. The monoisotopic (exact) mass is 711 g/mol. The second kappa shape index (κ2) is 13.0. The third-order valence-corrected chi connectivity index (χ3v) is 13.3. The fourth-order valence-corrected chi connectivity index (χ4v) is 10.4. The summed E-state index contributed by atoms with van der Waals surface area (Å²) in [6.07, 6.45) is 6.69. The Balaban J connectivity index is 1.09.